The van der Waals surface area contributed by atoms with Gasteiger partial charge in [0.25, 0.3) is 0 Å². The van der Waals surface area contributed by atoms with E-state index in [0.29, 0.717) is 11.5 Å². The molecule has 2 atom stereocenters. The van der Waals surface area contributed by atoms with Crippen LogP contribution in [0.5, 0.6) is 0 Å². The Morgan fingerprint density at radius 2 is 1.94 bits per heavy atom. The molecule has 0 spiro atoms. The molecule has 2 heterocycles. The monoisotopic (exact) mass is 238 g/mol. The molecule has 2 saturated carbocycles. The highest BCUT2D eigenvalue weighted by Crippen LogP contribution is 2.60. The summed E-state index contributed by atoms with van der Waals surface area (Å²) in [4.78, 5) is 0. The maximum Gasteiger partial charge on any atom is 0.160 e. The number of hydrogen-bond donors (Lipinski definition) is 0. The molecule has 0 aliphatic heterocycles. The van der Waals surface area contributed by atoms with Crippen molar-refractivity contribution in [2.45, 2.75) is 31.6 Å². The topological polar surface area (TPSA) is 54.0 Å². The van der Waals surface area contributed by atoms with E-state index >= 15 is 0 Å². The maximum atomic E-state index is 8.98. The van der Waals surface area contributed by atoms with Crippen molar-refractivity contribution in [3.05, 3.63) is 29.7 Å². The first kappa shape index (κ1) is 10.1. The van der Waals surface area contributed by atoms with Crippen LogP contribution < -0.4 is 0 Å². The summed E-state index contributed by atoms with van der Waals surface area (Å²) >= 11 is 0. The molecule has 4 rings (SSSR count). The molecule has 0 saturated heterocycles. The molecule has 0 amide bonds. The number of fused-ring (bicyclic) bond motifs is 2. The van der Waals surface area contributed by atoms with Crippen molar-refractivity contribution >= 4 is 5.65 Å². The zero-order valence-corrected chi connectivity index (χ0v) is 10.1. The Bertz CT molecular complexity index is 639. The van der Waals surface area contributed by atoms with E-state index in [9.17, 15) is 0 Å². The van der Waals surface area contributed by atoms with Gasteiger partial charge in [0.2, 0.25) is 0 Å². The van der Waals surface area contributed by atoms with Crippen LogP contribution in [0.15, 0.2) is 18.3 Å². The van der Waals surface area contributed by atoms with Crippen LogP contribution in [0.3, 0.4) is 0 Å². The smallest absolute Gasteiger partial charge is 0.160 e. The van der Waals surface area contributed by atoms with Gasteiger partial charge in [0.15, 0.2) is 5.65 Å². The van der Waals surface area contributed by atoms with Crippen LogP contribution in [-0.4, -0.2) is 14.6 Å². The number of hydrogen-bond acceptors (Lipinski definition) is 3. The largest absolute Gasteiger partial charge is 0.285 e. The normalized spacial score (nSPS) is 29.8. The van der Waals surface area contributed by atoms with Crippen LogP contribution in [0.4, 0.5) is 0 Å². The minimum Gasteiger partial charge on any atom is -0.285 e. The lowest BCUT2D eigenvalue weighted by Crippen LogP contribution is -1.95. The SMILES string of the molecule is N#Cc1ccc2nnc(C3C4CCCCC43)n2c1. The van der Waals surface area contributed by atoms with Gasteiger partial charge in [0.05, 0.1) is 5.56 Å². The summed E-state index contributed by atoms with van der Waals surface area (Å²) in [6.07, 6.45) is 7.26. The van der Waals surface area contributed by atoms with Crippen LogP contribution >= 0.6 is 0 Å². The Morgan fingerprint density at radius 3 is 2.67 bits per heavy atom. The van der Waals surface area contributed by atoms with Gasteiger partial charge >= 0.3 is 0 Å². The van der Waals surface area contributed by atoms with Gasteiger partial charge in [-0.15, -0.1) is 10.2 Å². The number of nitrogens with zero attached hydrogens (tertiary/aromatic N) is 4. The van der Waals surface area contributed by atoms with Crippen LogP contribution in [0.25, 0.3) is 5.65 Å². The molecule has 18 heavy (non-hydrogen) atoms. The minimum atomic E-state index is 0.580. The molecule has 2 aliphatic carbocycles. The summed E-state index contributed by atoms with van der Waals surface area (Å²) < 4.78 is 2.02. The highest BCUT2D eigenvalue weighted by atomic mass is 15.3. The molecule has 0 aromatic carbocycles. The van der Waals surface area contributed by atoms with E-state index < -0.39 is 0 Å². The molecule has 2 aromatic rings. The maximum absolute atomic E-state index is 8.98. The Balaban J connectivity index is 1.79. The Kier molecular flexibility index (Phi) is 1.99. The fourth-order valence-electron chi connectivity index (χ4n) is 3.58. The molecule has 2 unspecified atom stereocenters. The fourth-order valence-corrected chi connectivity index (χ4v) is 3.58. The van der Waals surface area contributed by atoms with Gasteiger partial charge in [-0.3, -0.25) is 4.40 Å². The van der Waals surface area contributed by atoms with Gasteiger partial charge in [-0.25, -0.2) is 0 Å². The second-order valence-corrected chi connectivity index (χ2v) is 5.45. The van der Waals surface area contributed by atoms with Gasteiger partial charge in [0.1, 0.15) is 11.9 Å². The second kappa shape index (κ2) is 3.55. The Morgan fingerprint density at radius 1 is 1.17 bits per heavy atom. The Labute approximate surface area is 105 Å². The lowest BCUT2D eigenvalue weighted by Gasteiger charge is -2.04. The van der Waals surface area contributed by atoms with Crippen molar-refractivity contribution in [3.63, 3.8) is 0 Å². The van der Waals surface area contributed by atoms with Crippen LogP contribution in [0.2, 0.25) is 0 Å². The van der Waals surface area contributed by atoms with E-state index in [4.69, 9.17) is 5.26 Å². The van der Waals surface area contributed by atoms with E-state index in [2.05, 4.69) is 16.3 Å². The van der Waals surface area contributed by atoms with Crippen LogP contribution in [-0.2, 0) is 0 Å². The molecule has 4 nitrogen and oxygen atoms in total. The summed E-state index contributed by atoms with van der Waals surface area (Å²) in [6.45, 7) is 0. The molecule has 2 aliphatic rings. The molecule has 0 radical (unpaired) electrons. The third-order valence-electron chi connectivity index (χ3n) is 4.51. The van der Waals surface area contributed by atoms with Crippen molar-refractivity contribution in [1.82, 2.24) is 14.6 Å². The number of nitriles is 1. The summed E-state index contributed by atoms with van der Waals surface area (Å²) in [6, 6.07) is 5.86. The van der Waals surface area contributed by atoms with Gasteiger partial charge in [-0.2, -0.15) is 5.26 Å². The molecular formula is C14H14N4. The zero-order chi connectivity index (χ0) is 12.1. The quantitative estimate of drug-likeness (QED) is 0.767. The molecule has 2 fully saturated rings. The molecule has 0 bridgehead atoms. The standard InChI is InChI=1S/C14H14N4/c15-7-9-5-6-12-16-17-14(18(12)8-9)13-10-3-1-2-4-11(10)13/h5-6,8,10-11,13H,1-4H2. The number of aromatic nitrogens is 3. The first-order chi connectivity index (χ1) is 8.88. The van der Waals surface area contributed by atoms with E-state index in [1.54, 1.807) is 6.07 Å². The van der Waals surface area contributed by atoms with E-state index in [1.807, 2.05) is 16.7 Å². The average Bonchev–Trinajstić information content (AvgIpc) is 3.01. The average molecular weight is 238 g/mol. The summed E-state index contributed by atoms with van der Waals surface area (Å²) in [7, 11) is 0. The zero-order valence-electron chi connectivity index (χ0n) is 10.1. The first-order valence-corrected chi connectivity index (χ1v) is 6.63. The lowest BCUT2D eigenvalue weighted by atomic mass is 10.0. The molecule has 0 N–H and O–H groups in total. The summed E-state index contributed by atoms with van der Waals surface area (Å²) in [5.74, 6) is 3.28. The molecule has 2 aromatic heterocycles. The van der Waals surface area contributed by atoms with Crippen molar-refractivity contribution < 1.29 is 0 Å². The first-order valence-electron chi connectivity index (χ1n) is 6.63. The van der Waals surface area contributed by atoms with Gasteiger partial charge in [-0.05, 0) is 36.8 Å². The third kappa shape index (κ3) is 1.30. The predicted molar refractivity (Wildman–Crippen MR) is 65.9 cm³/mol. The third-order valence-corrected chi connectivity index (χ3v) is 4.51. The van der Waals surface area contributed by atoms with E-state index in [-0.39, 0.29) is 0 Å². The van der Waals surface area contributed by atoms with Crippen molar-refractivity contribution in [2.75, 3.05) is 0 Å². The second-order valence-electron chi connectivity index (χ2n) is 5.45. The number of rotatable bonds is 1. The van der Waals surface area contributed by atoms with Gasteiger partial charge < -0.3 is 0 Å². The van der Waals surface area contributed by atoms with Crippen LogP contribution in [0.1, 0.15) is 43.0 Å². The number of pyridine rings is 1. The fraction of sp³-hybridized carbons (Fsp3) is 0.500. The van der Waals surface area contributed by atoms with Crippen LogP contribution in [0, 0.1) is 23.2 Å². The molecule has 90 valence electrons. The van der Waals surface area contributed by atoms with Gasteiger partial charge in [0, 0.05) is 12.1 Å². The van der Waals surface area contributed by atoms with Crippen molar-refractivity contribution in [3.8, 4) is 6.07 Å². The van der Waals surface area contributed by atoms with Crippen molar-refractivity contribution in [1.29, 1.82) is 5.26 Å². The highest BCUT2D eigenvalue weighted by molar-refractivity contribution is 5.43. The Hall–Kier alpha value is -1.89. The summed E-state index contributed by atoms with van der Waals surface area (Å²) in [5, 5.41) is 17.6. The van der Waals surface area contributed by atoms with E-state index in [1.165, 1.54) is 25.7 Å². The molecule has 4 heteroatoms. The van der Waals surface area contributed by atoms with Gasteiger partial charge in [-0.1, -0.05) is 12.8 Å². The predicted octanol–water partition coefficient (Wildman–Crippen LogP) is 2.50. The highest BCUT2D eigenvalue weighted by Gasteiger charge is 2.53. The van der Waals surface area contributed by atoms with Crippen molar-refractivity contribution in [2.24, 2.45) is 11.8 Å². The minimum absolute atomic E-state index is 0.580. The summed E-state index contributed by atoms with van der Waals surface area (Å²) in [5.41, 5.74) is 1.53. The lowest BCUT2D eigenvalue weighted by molar-refractivity contribution is 0.480. The molecular weight excluding hydrogens is 224 g/mol. The van der Waals surface area contributed by atoms with E-state index in [0.717, 1.165) is 23.3 Å².